The lowest BCUT2D eigenvalue weighted by atomic mass is 10.1. The van der Waals surface area contributed by atoms with Gasteiger partial charge in [0, 0.05) is 32.6 Å². The van der Waals surface area contributed by atoms with E-state index < -0.39 is 0 Å². The van der Waals surface area contributed by atoms with Crippen LogP contribution in [0.1, 0.15) is 19.8 Å². The lowest BCUT2D eigenvalue weighted by molar-refractivity contribution is -0.00461. The largest absolute Gasteiger partial charge is 0.377 e. The molecule has 16 heavy (non-hydrogen) atoms. The van der Waals surface area contributed by atoms with Gasteiger partial charge in [-0.05, 0) is 25.3 Å². The van der Waals surface area contributed by atoms with E-state index in [0.29, 0.717) is 0 Å². The minimum absolute atomic E-state index is 0.247. The Kier molecular flexibility index (Phi) is 6.89. The number of hydrogen-bond acceptors (Lipinski definition) is 3. The van der Waals surface area contributed by atoms with Crippen molar-refractivity contribution in [2.45, 2.75) is 32.0 Å². The molecule has 96 valence electrons. The Balaban J connectivity index is 2.24. The number of ether oxygens (including phenoxy) is 2. The van der Waals surface area contributed by atoms with Crippen molar-refractivity contribution in [1.82, 2.24) is 4.90 Å². The number of hydrogen-bond donors (Lipinski definition) is 0. The van der Waals surface area contributed by atoms with Crippen LogP contribution in [-0.4, -0.2) is 56.3 Å². The maximum atomic E-state index is 5.43. The molecule has 3 nitrogen and oxygen atoms in total. The molecule has 4 heteroatoms. The second-order valence-corrected chi connectivity index (χ2v) is 5.47. The van der Waals surface area contributed by atoms with Gasteiger partial charge in [0.2, 0.25) is 0 Å². The smallest absolute Gasteiger partial charge is 0.0971 e. The Morgan fingerprint density at radius 2 is 1.75 bits per heavy atom. The van der Waals surface area contributed by atoms with Crippen LogP contribution < -0.4 is 0 Å². The van der Waals surface area contributed by atoms with Crippen LogP contribution in [-0.2, 0) is 9.47 Å². The second-order valence-electron chi connectivity index (χ2n) is 4.68. The van der Waals surface area contributed by atoms with E-state index in [-0.39, 0.29) is 12.2 Å². The van der Waals surface area contributed by atoms with Gasteiger partial charge in [0.1, 0.15) is 0 Å². The maximum Gasteiger partial charge on any atom is 0.0971 e. The molecule has 1 saturated heterocycles. The molecule has 3 unspecified atom stereocenters. The van der Waals surface area contributed by atoms with Gasteiger partial charge in [-0.25, -0.2) is 0 Å². The van der Waals surface area contributed by atoms with Gasteiger partial charge in [-0.1, -0.05) is 22.9 Å². The molecule has 1 heterocycles. The Morgan fingerprint density at radius 3 is 2.19 bits per heavy atom. The van der Waals surface area contributed by atoms with E-state index in [4.69, 9.17) is 9.47 Å². The van der Waals surface area contributed by atoms with Gasteiger partial charge >= 0.3 is 0 Å². The van der Waals surface area contributed by atoms with E-state index in [1.54, 1.807) is 14.2 Å². The van der Waals surface area contributed by atoms with Crippen LogP contribution in [0.5, 0.6) is 0 Å². The summed E-state index contributed by atoms with van der Waals surface area (Å²) >= 11 is 3.49. The molecule has 1 aliphatic rings. The standard InChI is InChI=1S/C12H24BrNO2/c1-10(4-6-13)5-7-14-8-11(15-2)12(9-14)16-3/h10-12H,4-9H2,1-3H3. The van der Waals surface area contributed by atoms with Crippen molar-refractivity contribution in [3.05, 3.63) is 0 Å². The first-order chi connectivity index (χ1) is 7.71. The van der Waals surface area contributed by atoms with Gasteiger partial charge in [0.25, 0.3) is 0 Å². The van der Waals surface area contributed by atoms with Crippen molar-refractivity contribution in [1.29, 1.82) is 0 Å². The van der Waals surface area contributed by atoms with Crippen molar-refractivity contribution in [2.24, 2.45) is 5.92 Å². The summed E-state index contributed by atoms with van der Waals surface area (Å²) in [6.45, 7) is 5.50. The summed E-state index contributed by atoms with van der Waals surface area (Å²) in [5.41, 5.74) is 0. The molecule has 0 spiro atoms. The van der Waals surface area contributed by atoms with E-state index in [2.05, 4.69) is 27.8 Å². The summed E-state index contributed by atoms with van der Waals surface area (Å²) in [4.78, 5) is 2.45. The molecule has 0 aromatic heterocycles. The molecule has 1 aliphatic heterocycles. The highest BCUT2D eigenvalue weighted by Crippen LogP contribution is 2.18. The number of rotatable bonds is 7. The molecule has 0 saturated carbocycles. The summed E-state index contributed by atoms with van der Waals surface area (Å²) in [5, 5.41) is 1.11. The molecular weight excluding hydrogens is 270 g/mol. The lowest BCUT2D eigenvalue weighted by Crippen LogP contribution is -2.27. The highest BCUT2D eigenvalue weighted by atomic mass is 79.9. The summed E-state index contributed by atoms with van der Waals surface area (Å²) in [5.74, 6) is 0.793. The second kappa shape index (κ2) is 7.64. The van der Waals surface area contributed by atoms with Crippen LogP contribution in [0.2, 0.25) is 0 Å². The van der Waals surface area contributed by atoms with Crippen LogP contribution in [0, 0.1) is 5.92 Å². The predicted molar refractivity (Wildman–Crippen MR) is 70.2 cm³/mol. The van der Waals surface area contributed by atoms with Crippen molar-refractivity contribution in [2.75, 3.05) is 39.2 Å². The highest BCUT2D eigenvalue weighted by Gasteiger charge is 2.32. The highest BCUT2D eigenvalue weighted by molar-refractivity contribution is 9.09. The van der Waals surface area contributed by atoms with Crippen LogP contribution in [0.3, 0.4) is 0 Å². The summed E-state index contributed by atoms with van der Waals surface area (Å²) in [7, 11) is 3.54. The Hall–Kier alpha value is 0.360. The number of alkyl halides is 1. The van der Waals surface area contributed by atoms with E-state index in [0.717, 1.165) is 30.9 Å². The quantitative estimate of drug-likeness (QED) is 0.672. The van der Waals surface area contributed by atoms with E-state index >= 15 is 0 Å². The van der Waals surface area contributed by atoms with E-state index in [1.165, 1.54) is 12.8 Å². The normalized spacial score (nSPS) is 28.5. The average molecular weight is 294 g/mol. The minimum atomic E-state index is 0.247. The first-order valence-corrected chi connectivity index (χ1v) is 7.17. The SMILES string of the molecule is COC1CN(CCC(C)CCBr)CC1OC. The van der Waals surface area contributed by atoms with Crippen molar-refractivity contribution in [3.63, 3.8) is 0 Å². The molecule has 1 rings (SSSR count). The van der Waals surface area contributed by atoms with Gasteiger partial charge in [-0.3, -0.25) is 4.90 Å². The summed E-state index contributed by atoms with van der Waals surface area (Å²) < 4.78 is 10.9. The molecule has 0 N–H and O–H groups in total. The van der Waals surface area contributed by atoms with Crippen LogP contribution in [0.25, 0.3) is 0 Å². The maximum absolute atomic E-state index is 5.43. The van der Waals surface area contributed by atoms with Gasteiger partial charge in [-0.2, -0.15) is 0 Å². The van der Waals surface area contributed by atoms with Gasteiger partial charge in [-0.15, -0.1) is 0 Å². The third-order valence-electron chi connectivity index (χ3n) is 3.44. The lowest BCUT2D eigenvalue weighted by Gasteiger charge is -2.17. The molecule has 0 amide bonds. The molecule has 0 radical (unpaired) electrons. The van der Waals surface area contributed by atoms with Gasteiger partial charge in [0.15, 0.2) is 0 Å². The number of halogens is 1. The Labute approximate surface area is 108 Å². The van der Waals surface area contributed by atoms with E-state index in [9.17, 15) is 0 Å². The van der Waals surface area contributed by atoms with Crippen molar-refractivity contribution >= 4 is 15.9 Å². The molecule has 0 aromatic carbocycles. The molecule has 0 aliphatic carbocycles. The number of likely N-dealkylation sites (tertiary alicyclic amines) is 1. The third kappa shape index (κ3) is 4.32. The van der Waals surface area contributed by atoms with Gasteiger partial charge in [0.05, 0.1) is 12.2 Å². The fraction of sp³-hybridized carbons (Fsp3) is 1.00. The van der Waals surface area contributed by atoms with Crippen LogP contribution in [0.4, 0.5) is 0 Å². The molecule has 0 bridgehead atoms. The fourth-order valence-corrected chi connectivity index (χ4v) is 2.97. The molecule has 0 aromatic rings. The first kappa shape index (κ1) is 14.4. The topological polar surface area (TPSA) is 21.7 Å². The van der Waals surface area contributed by atoms with Crippen LogP contribution >= 0.6 is 15.9 Å². The number of methoxy groups -OCH3 is 2. The Morgan fingerprint density at radius 1 is 1.19 bits per heavy atom. The average Bonchev–Trinajstić information content (AvgIpc) is 2.69. The zero-order chi connectivity index (χ0) is 12.0. The van der Waals surface area contributed by atoms with Crippen molar-refractivity contribution in [3.8, 4) is 0 Å². The first-order valence-electron chi connectivity index (χ1n) is 6.05. The molecular formula is C12H24BrNO2. The fourth-order valence-electron chi connectivity index (χ4n) is 2.19. The molecule has 3 atom stereocenters. The van der Waals surface area contributed by atoms with Gasteiger partial charge < -0.3 is 9.47 Å². The molecule has 1 fully saturated rings. The predicted octanol–water partition coefficient (Wildman–Crippen LogP) is 2.14. The Bertz CT molecular complexity index is 180. The third-order valence-corrected chi connectivity index (χ3v) is 3.89. The summed E-state index contributed by atoms with van der Waals surface area (Å²) in [6, 6.07) is 0. The summed E-state index contributed by atoms with van der Waals surface area (Å²) in [6.07, 6.45) is 3.02. The zero-order valence-electron chi connectivity index (χ0n) is 10.6. The minimum Gasteiger partial charge on any atom is -0.377 e. The zero-order valence-corrected chi connectivity index (χ0v) is 12.2. The number of nitrogens with zero attached hydrogens (tertiary/aromatic N) is 1. The van der Waals surface area contributed by atoms with E-state index in [1.807, 2.05) is 0 Å². The van der Waals surface area contributed by atoms with Crippen molar-refractivity contribution < 1.29 is 9.47 Å². The van der Waals surface area contributed by atoms with Crippen LogP contribution in [0.15, 0.2) is 0 Å². The monoisotopic (exact) mass is 293 g/mol.